The number of rotatable bonds is 2. The molecule has 1 aliphatic carbocycles. The van der Waals surface area contributed by atoms with Gasteiger partial charge in [-0.1, -0.05) is 6.07 Å². The molecule has 1 aromatic carbocycles. The Bertz CT molecular complexity index is 358. The van der Waals surface area contributed by atoms with Crippen molar-refractivity contribution in [3.05, 3.63) is 28.2 Å². The molecule has 2 nitrogen and oxygen atoms in total. The number of hydrogen-bond donors (Lipinski definition) is 2. The number of benzene rings is 1. The summed E-state index contributed by atoms with van der Waals surface area (Å²) >= 11 is 3.32. The van der Waals surface area contributed by atoms with Crippen LogP contribution in [0, 0.1) is 0 Å². The van der Waals surface area contributed by atoms with E-state index >= 15 is 0 Å². The van der Waals surface area contributed by atoms with Crippen LogP contribution in [0.5, 0.6) is 5.75 Å². The first kappa shape index (κ1) is 9.99. The summed E-state index contributed by atoms with van der Waals surface area (Å²) in [5.74, 6) is 0.286. The normalized spacial score (nSPS) is 20.5. The van der Waals surface area contributed by atoms with Gasteiger partial charge in [-0.2, -0.15) is 0 Å². The predicted octanol–water partition coefficient (Wildman–Crippen LogP) is 2.53. The summed E-state index contributed by atoms with van der Waals surface area (Å²) in [5.41, 5.74) is 7.37. The van der Waals surface area contributed by atoms with Crippen molar-refractivity contribution in [1.29, 1.82) is 0 Å². The molecule has 0 aliphatic heterocycles. The Kier molecular flexibility index (Phi) is 2.32. The largest absolute Gasteiger partial charge is 0.507 e. The van der Waals surface area contributed by atoms with Crippen LogP contribution in [0.4, 0.5) is 0 Å². The Morgan fingerprint density at radius 3 is 2.57 bits per heavy atom. The molecule has 0 amide bonds. The summed E-state index contributed by atoms with van der Waals surface area (Å²) in [6.45, 7) is 2.05. The maximum Gasteiger partial charge on any atom is 0.129 e. The molecule has 76 valence electrons. The fourth-order valence-electron chi connectivity index (χ4n) is 1.96. The zero-order valence-corrected chi connectivity index (χ0v) is 9.71. The molecule has 1 atom stereocenters. The van der Waals surface area contributed by atoms with Gasteiger partial charge >= 0.3 is 0 Å². The Morgan fingerprint density at radius 2 is 2.14 bits per heavy atom. The summed E-state index contributed by atoms with van der Waals surface area (Å²) in [6.07, 6.45) is 2.31. The summed E-state index contributed by atoms with van der Waals surface area (Å²) < 4.78 is 0.752. The molecule has 14 heavy (non-hydrogen) atoms. The van der Waals surface area contributed by atoms with Crippen LogP contribution in [-0.4, -0.2) is 11.1 Å². The smallest absolute Gasteiger partial charge is 0.129 e. The Morgan fingerprint density at radius 1 is 1.50 bits per heavy atom. The fourth-order valence-corrected chi connectivity index (χ4v) is 2.34. The second-order valence-electron chi connectivity index (χ2n) is 4.11. The molecule has 0 heterocycles. The first-order chi connectivity index (χ1) is 6.56. The number of halogens is 1. The SMILES string of the molecule is CC(N)C1(c2ccc(O)c(Br)c2)CC1. The molecule has 0 bridgehead atoms. The molecular formula is C11H14BrNO. The van der Waals surface area contributed by atoms with Crippen molar-refractivity contribution in [2.45, 2.75) is 31.2 Å². The average molecular weight is 256 g/mol. The van der Waals surface area contributed by atoms with Crippen molar-refractivity contribution in [3.63, 3.8) is 0 Å². The minimum absolute atomic E-state index is 0.163. The number of phenols is 1. The predicted molar refractivity (Wildman–Crippen MR) is 60.4 cm³/mol. The average Bonchev–Trinajstić information content (AvgIpc) is 2.90. The topological polar surface area (TPSA) is 46.2 Å². The molecule has 1 saturated carbocycles. The molecule has 0 spiro atoms. The van der Waals surface area contributed by atoms with Crippen molar-refractivity contribution in [1.82, 2.24) is 0 Å². The van der Waals surface area contributed by atoms with Crippen LogP contribution in [0.25, 0.3) is 0 Å². The lowest BCUT2D eigenvalue weighted by Gasteiger charge is -2.20. The highest BCUT2D eigenvalue weighted by molar-refractivity contribution is 9.10. The van der Waals surface area contributed by atoms with E-state index in [1.54, 1.807) is 6.07 Å². The van der Waals surface area contributed by atoms with E-state index < -0.39 is 0 Å². The summed E-state index contributed by atoms with van der Waals surface area (Å²) in [6, 6.07) is 5.85. The molecule has 1 unspecified atom stereocenters. The van der Waals surface area contributed by atoms with E-state index in [0.717, 1.165) is 17.3 Å². The first-order valence-corrected chi connectivity index (χ1v) is 5.60. The third kappa shape index (κ3) is 1.44. The number of phenolic OH excluding ortho intramolecular Hbond substituents is 1. The quantitative estimate of drug-likeness (QED) is 0.854. The van der Waals surface area contributed by atoms with Crippen LogP contribution in [0.1, 0.15) is 25.3 Å². The van der Waals surface area contributed by atoms with Crippen LogP contribution in [0.2, 0.25) is 0 Å². The minimum Gasteiger partial charge on any atom is -0.507 e. The van der Waals surface area contributed by atoms with Crippen molar-refractivity contribution in [3.8, 4) is 5.75 Å². The second-order valence-corrected chi connectivity index (χ2v) is 4.97. The van der Waals surface area contributed by atoms with E-state index in [4.69, 9.17) is 5.73 Å². The monoisotopic (exact) mass is 255 g/mol. The van der Waals surface area contributed by atoms with Gasteiger partial charge in [-0.15, -0.1) is 0 Å². The molecule has 2 rings (SSSR count). The molecular weight excluding hydrogens is 242 g/mol. The third-order valence-corrected chi connectivity index (χ3v) is 3.82. The highest BCUT2D eigenvalue weighted by atomic mass is 79.9. The van der Waals surface area contributed by atoms with Gasteiger partial charge in [0.15, 0.2) is 0 Å². The number of aromatic hydroxyl groups is 1. The van der Waals surface area contributed by atoms with Crippen molar-refractivity contribution >= 4 is 15.9 Å². The lowest BCUT2D eigenvalue weighted by Crippen LogP contribution is -2.31. The summed E-state index contributed by atoms with van der Waals surface area (Å²) in [5, 5.41) is 9.39. The Labute approximate surface area is 92.3 Å². The molecule has 0 radical (unpaired) electrons. The fraction of sp³-hybridized carbons (Fsp3) is 0.455. The number of nitrogens with two attached hydrogens (primary N) is 1. The zero-order valence-electron chi connectivity index (χ0n) is 8.13. The van der Waals surface area contributed by atoms with Gasteiger partial charge in [-0.3, -0.25) is 0 Å². The molecule has 3 N–H and O–H groups in total. The Hall–Kier alpha value is -0.540. The van der Waals surface area contributed by atoms with Gasteiger partial charge in [0.25, 0.3) is 0 Å². The van der Waals surface area contributed by atoms with E-state index in [1.165, 1.54) is 5.56 Å². The first-order valence-electron chi connectivity index (χ1n) is 4.81. The van der Waals surface area contributed by atoms with Gasteiger partial charge in [0, 0.05) is 11.5 Å². The van der Waals surface area contributed by atoms with E-state index in [0.29, 0.717) is 0 Å². The highest BCUT2D eigenvalue weighted by Gasteiger charge is 2.47. The lowest BCUT2D eigenvalue weighted by atomic mass is 9.89. The van der Waals surface area contributed by atoms with Crippen LogP contribution in [0.3, 0.4) is 0 Å². The maximum atomic E-state index is 9.39. The van der Waals surface area contributed by atoms with Crippen molar-refractivity contribution < 1.29 is 5.11 Å². The minimum atomic E-state index is 0.163. The van der Waals surface area contributed by atoms with Gasteiger partial charge in [-0.25, -0.2) is 0 Å². The molecule has 0 saturated heterocycles. The van der Waals surface area contributed by atoms with Gasteiger partial charge < -0.3 is 10.8 Å². The lowest BCUT2D eigenvalue weighted by molar-refractivity contribution is 0.470. The molecule has 0 aromatic heterocycles. The molecule has 1 aromatic rings. The van der Waals surface area contributed by atoms with E-state index in [9.17, 15) is 5.11 Å². The molecule has 1 aliphatic rings. The van der Waals surface area contributed by atoms with Gasteiger partial charge in [-0.05, 0) is 53.4 Å². The zero-order chi connectivity index (χ0) is 10.3. The van der Waals surface area contributed by atoms with E-state index in [2.05, 4.69) is 15.9 Å². The van der Waals surface area contributed by atoms with Gasteiger partial charge in [0.2, 0.25) is 0 Å². The van der Waals surface area contributed by atoms with E-state index in [-0.39, 0.29) is 17.2 Å². The van der Waals surface area contributed by atoms with Crippen LogP contribution in [0.15, 0.2) is 22.7 Å². The highest BCUT2D eigenvalue weighted by Crippen LogP contribution is 2.51. The third-order valence-electron chi connectivity index (χ3n) is 3.18. The molecule has 1 fully saturated rings. The van der Waals surface area contributed by atoms with E-state index in [1.807, 2.05) is 19.1 Å². The standard InChI is InChI=1S/C11H14BrNO/c1-7(13)11(4-5-11)8-2-3-10(14)9(12)6-8/h2-3,6-7,14H,4-5,13H2,1H3. The summed E-state index contributed by atoms with van der Waals surface area (Å²) in [7, 11) is 0. The van der Waals surface area contributed by atoms with Crippen molar-refractivity contribution in [2.24, 2.45) is 5.73 Å². The maximum absolute atomic E-state index is 9.39. The number of hydrogen-bond acceptors (Lipinski definition) is 2. The Balaban J connectivity index is 2.38. The van der Waals surface area contributed by atoms with Crippen LogP contribution < -0.4 is 5.73 Å². The van der Waals surface area contributed by atoms with Crippen LogP contribution >= 0.6 is 15.9 Å². The molecule has 3 heteroatoms. The van der Waals surface area contributed by atoms with Crippen molar-refractivity contribution in [2.75, 3.05) is 0 Å². The van der Waals surface area contributed by atoms with Gasteiger partial charge in [0.05, 0.1) is 4.47 Å². The van der Waals surface area contributed by atoms with Crippen LogP contribution in [-0.2, 0) is 5.41 Å². The second kappa shape index (κ2) is 3.24. The summed E-state index contributed by atoms with van der Waals surface area (Å²) in [4.78, 5) is 0. The van der Waals surface area contributed by atoms with Gasteiger partial charge in [0.1, 0.15) is 5.75 Å².